The van der Waals surface area contributed by atoms with Gasteiger partial charge in [-0.05, 0) is 77.0 Å². The molecule has 390 valence electrons. The number of hydrogen-bond donors (Lipinski definition) is 2. The minimum Gasteiger partial charge on any atom is -0.462 e. The number of hydrogen-bond acceptors (Lipinski definition) is 10. The number of carbonyl (C=O) groups excluding carboxylic acids is 3. The van der Waals surface area contributed by atoms with Gasteiger partial charge in [0.25, 0.3) is 0 Å². The van der Waals surface area contributed by atoms with Gasteiger partial charge in [-0.1, -0.05) is 202 Å². The van der Waals surface area contributed by atoms with E-state index in [-0.39, 0.29) is 25.9 Å². The van der Waals surface area contributed by atoms with Crippen LogP contribution in [-0.2, 0) is 42.2 Å². The number of allylic oxidation sites excluding steroid dienone is 14. The van der Waals surface area contributed by atoms with Gasteiger partial charge in [-0.25, -0.2) is 4.57 Å². The third-order valence-corrected chi connectivity index (χ3v) is 11.8. The Morgan fingerprint density at radius 3 is 1.31 bits per heavy atom. The van der Waals surface area contributed by atoms with Gasteiger partial charge in [0.05, 0.1) is 19.8 Å². The summed E-state index contributed by atoms with van der Waals surface area (Å²) in [6, 6.07) is 0. The van der Waals surface area contributed by atoms with E-state index in [0.29, 0.717) is 25.7 Å². The summed E-state index contributed by atoms with van der Waals surface area (Å²) in [5.74, 6) is -1.58. The molecule has 0 saturated carbocycles. The first-order valence-corrected chi connectivity index (χ1v) is 28.0. The fraction of sp³-hybridized carbons (Fsp3) is 0.696. The lowest BCUT2D eigenvalue weighted by atomic mass is 10.1. The van der Waals surface area contributed by atoms with Crippen molar-refractivity contribution in [3.05, 3.63) is 85.1 Å². The smallest absolute Gasteiger partial charge is 0.462 e. The first-order chi connectivity index (χ1) is 33.2. The molecule has 3 unspecified atom stereocenters. The summed E-state index contributed by atoms with van der Waals surface area (Å²) in [4.78, 5) is 48.2. The molecular weight excluding hydrogens is 880 g/mol. The summed E-state index contributed by atoms with van der Waals surface area (Å²) < 4.78 is 39.2. The molecule has 0 aliphatic rings. The molecule has 0 fully saturated rings. The second-order valence-electron chi connectivity index (χ2n) is 17.3. The lowest BCUT2D eigenvalue weighted by molar-refractivity contribution is -0.161. The first kappa shape index (κ1) is 64.7. The highest BCUT2D eigenvalue weighted by atomic mass is 31.2. The molecule has 0 rings (SSSR count). The highest BCUT2D eigenvalue weighted by molar-refractivity contribution is 7.47. The predicted molar refractivity (Wildman–Crippen MR) is 279 cm³/mol. The van der Waals surface area contributed by atoms with Gasteiger partial charge in [0.2, 0.25) is 0 Å². The molecule has 0 aromatic carbocycles. The van der Waals surface area contributed by atoms with Crippen LogP contribution in [0.2, 0.25) is 0 Å². The minimum atomic E-state index is -4.76. The standard InChI is InChI=1S/C56H95O11P/c1-4-7-10-13-16-19-22-23-24-25-26-27-28-29-32-35-38-41-44-47-56(60)67-53(49-63-54(58)45-42-39-36-33-30-20-17-14-11-8-5-2)51-65-68(61,62)64-50-52(48-57)66-55(59)46-43-40-37-34-31-21-18-15-12-9-6-3/h7,10,14,16-17,19,23-24,26-27,29,32,38,41,52-53,57H,4-6,8-9,11-13,15,18,20-22,25,28,30-31,33-37,39-40,42-51H2,1-3H3,(H,61,62)/b10-7-,17-14-,19-16-,24-23-,27-26-,32-29-,41-38-. The normalized spacial score (nSPS) is 14.1. The Morgan fingerprint density at radius 2 is 0.809 bits per heavy atom. The molecule has 0 aromatic heterocycles. The van der Waals surface area contributed by atoms with Crippen LogP contribution in [0.4, 0.5) is 0 Å². The van der Waals surface area contributed by atoms with Crippen LogP contribution in [0.1, 0.15) is 213 Å². The molecule has 0 aliphatic carbocycles. The Bertz CT molecular complexity index is 1460. The Labute approximate surface area is 413 Å². The highest BCUT2D eigenvalue weighted by Crippen LogP contribution is 2.43. The van der Waals surface area contributed by atoms with Gasteiger partial charge in [-0.15, -0.1) is 0 Å². The van der Waals surface area contributed by atoms with E-state index in [9.17, 15) is 28.9 Å². The van der Waals surface area contributed by atoms with Gasteiger partial charge >= 0.3 is 25.7 Å². The van der Waals surface area contributed by atoms with Crippen molar-refractivity contribution in [2.75, 3.05) is 26.4 Å². The molecule has 0 aromatic rings. The molecule has 11 nitrogen and oxygen atoms in total. The summed E-state index contributed by atoms with van der Waals surface area (Å²) in [6.07, 6.45) is 55.7. The molecule has 0 heterocycles. The lowest BCUT2D eigenvalue weighted by Gasteiger charge is -2.21. The molecule has 0 aliphatic heterocycles. The van der Waals surface area contributed by atoms with Crippen LogP contribution >= 0.6 is 7.82 Å². The van der Waals surface area contributed by atoms with Crippen LogP contribution in [0.15, 0.2) is 85.1 Å². The Hall–Kier alpha value is -3.34. The maximum Gasteiger partial charge on any atom is 0.472 e. The summed E-state index contributed by atoms with van der Waals surface area (Å²) in [5.41, 5.74) is 0. The van der Waals surface area contributed by atoms with Crippen molar-refractivity contribution in [3.8, 4) is 0 Å². The van der Waals surface area contributed by atoms with E-state index in [1.807, 2.05) is 12.2 Å². The van der Waals surface area contributed by atoms with E-state index in [1.165, 1.54) is 57.8 Å². The van der Waals surface area contributed by atoms with Crippen molar-refractivity contribution in [1.82, 2.24) is 0 Å². The zero-order valence-corrected chi connectivity index (χ0v) is 43.7. The average Bonchev–Trinajstić information content (AvgIpc) is 3.32. The number of aliphatic hydroxyl groups excluding tert-OH is 1. The number of unbranched alkanes of at least 4 members (excludes halogenated alkanes) is 17. The maximum atomic E-state index is 12.8. The molecule has 12 heteroatoms. The fourth-order valence-corrected chi connectivity index (χ4v) is 7.56. The molecule has 0 bridgehead atoms. The Morgan fingerprint density at radius 1 is 0.426 bits per heavy atom. The van der Waals surface area contributed by atoms with Crippen molar-refractivity contribution < 1.29 is 52.2 Å². The van der Waals surface area contributed by atoms with E-state index >= 15 is 0 Å². The van der Waals surface area contributed by atoms with Crippen LogP contribution in [0.5, 0.6) is 0 Å². The highest BCUT2D eigenvalue weighted by Gasteiger charge is 2.28. The predicted octanol–water partition coefficient (Wildman–Crippen LogP) is 15.1. The van der Waals surface area contributed by atoms with Crippen LogP contribution in [0, 0.1) is 0 Å². The molecule has 68 heavy (non-hydrogen) atoms. The van der Waals surface area contributed by atoms with Crippen molar-refractivity contribution in [3.63, 3.8) is 0 Å². The molecule has 3 atom stereocenters. The quantitative estimate of drug-likeness (QED) is 0.0197. The van der Waals surface area contributed by atoms with Crippen molar-refractivity contribution in [2.24, 2.45) is 0 Å². The van der Waals surface area contributed by atoms with Crippen molar-refractivity contribution in [2.45, 2.75) is 226 Å². The fourth-order valence-electron chi connectivity index (χ4n) is 6.77. The van der Waals surface area contributed by atoms with Gasteiger partial charge in [0.15, 0.2) is 6.10 Å². The van der Waals surface area contributed by atoms with Crippen LogP contribution in [0.3, 0.4) is 0 Å². The number of rotatable bonds is 48. The van der Waals surface area contributed by atoms with Gasteiger partial charge in [0, 0.05) is 19.3 Å². The van der Waals surface area contributed by atoms with E-state index in [4.69, 9.17) is 23.3 Å². The van der Waals surface area contributed by atoms with E-state index in [2.05, 4.69) is 93.7 Å². The van der Waals surface area contributed by atoms with Gasteiger partial charge in [0.1, 0.15) is 12.7 Å². The third-order valence-electron chi connectivity index (χ3n) is 10.8. The van der Waals surface area contributed by atoms with Crippen LogP contribution in [-0.4, -0.2) is 66.5 Å². The van der Waals surface area contributed by atoms with Crippen molar-refractivity contribution in [1.29, 1.82) is 0 Å². The van der Waals surface area contributed by atoms with E-state index in [1.54, 1.807) is 0 Å². The lowest BCUT2D eigenvalue weighted by Crippen LogP contribution is -2.30. The summed E-state index contributed by atoms with van der Waals surface area (Å²) in [6.45, 7) is 4.37. The second-order valence-corrected chi connectivity index (χ2v) is 18.8. The van der Waals surface area contributed by atoms with Crippen molar-refractivity contribution >= 4 is 25.7 Å². The Kier molecular flexibility index (Phi) is 47.6. The SMILES string of the molecule is CC/C=C\C/C=C\C/C=C\C/C=C\C/C=C\C/C=C\CCC(=O)OC(COC(=O)CCCCCCC/C=C\CCCC)COP(=O)(O)OCC(CO)OC(=O)CCCCCCCCCCCCC. The number of phosphoric acid groups is 1. The van der Waals surface area contributed by atoms with E-state index in [0.717, 1.165) is 89.9 Å². The molecular formula is C56H95O11P. The van der Waals surface area contributed by atoms with Gasteiger partial charge < -0.3 is 24.2 Å². The van der Waals surface area contributed by atoms with Crippen LogP contribution < -0.4 is 0 Å². The number of esters is 3. The molecule has 0 amide bonds. The number of phosphoric ester groups is 1. The third kappa shape index (κ3) is 47.7. The molecule has 0 saturated heterocycles. The van der Waals surface area contributed by atoms with Gasteiger partial charge in [-0.3, -0.25) is 23.4 Å². The maximum absolute atomic E-state index is 12.8. The average molecular weight is 975 g/mol. The molecule has 2 N–H and O–H groups in total. The second kappa shape index (κ2) is 50.1. The number of aliphatic hydroxyl groups is 1. The summed E-state index contributed by atoms with van der Waals surface area (Å²) >= 11 is 0. The zero-order valence-electron chi connectivity index (χ0n) is 42.8. The largest absolute Gasteiger partial charge is 0.472 e. The van der Waals surface area contributed by atoms with Crippen LogP contribution in [0.25, 0.3) is 0 Å². The number of ether oxygens (including phenoxy) is 3. The summed E-state index contributed by atoms with van der Waals surface area (Å²) in [5, 5.41) is 9.76. The van der Waals surface area contributed by atoms with E-state index < -0.39 is 57.8 Å². The van der Waals surface area contributed by atoms with Gasteiger partial charge in [-0.2, -0.15) is 0 Å². The monoisotopic (exact) mass is 975 g/mol. The molecule has 0 radical (unpaired) electrons. The zero-order chi connectivity index (χ0) is 49.9. The topological polar surface area (TPSA) is 155 Å². The first-order valence-electron chi connectivity index (χ1n) is 26.5. The minimum absolute atomic E-state index is 0.0389. The Balaban J connectivity index is 4.86. The summed E-state index contributed by atoms with van der Waals surface area (Å²) in [7, 11) is -4.76. The number of carbonyl (C=O) groups is 3. The molecule has 0 spiro atoms.